The zero-order chi connectivity index (χ0) is 24.2. The Balaban J connectivity index is 1.34. The van der Waals surface area contributed by atoms with Crippen LogP contribution in [0.15, 0.2) is 18.2 Å². The highest BCUT2D eigenvalue weighted by molar-refractivity contribution is 7.15. The van der Waals surface area contributed by atoms with Gasteiger partial charge in [-0.05, 0) is 24.7 Å². The summed E-state index contributed by atoms with van der Waals surface area (Å²) in [6.07, 6.45) is 2.93. The number of benzene rings is 1. The van der Waals surface area contributed by atoms with Gasteiger partial charge in [0, 0.05) is 46.5 Å². The van der Waals surface area contributed by atoms with Crippen molar-refractivity contribution < 1.29 is 23.8 Å². The monoisotopic (exact) mass is 485 g/mol. The molecule has 34 heavy (non-hydrogen) atoms. The van der Waals surface area contributed by atoms with Gasteiger partial charge in [0.1, 0.15) is 17.6 Å². The van der Waals surface area contributed by atoms with E-state index >= 15 is 0 Å². The Labute approximate surface area is 203 Å². The van der Waals surface area contributed by atoms with Crippen molar-refractivity contribution >= 4 is 34.2 Å². The molecule has 0 spiro atoms. The number of hydrogen-bond acceptors (Lipinski definition) is 7. The van der Waals surface area contributed by atoms with Gasteiger partial charge >= 0.3 is 12.0 Å². The van der Waals surface area contributed by atoms with Gasteiger partial charge in [0.2, 0.25) is 0 Å². The number of hydrogen-bond donors (Lipinski definition) is 2. The molecular weight excluding hydrogens is 454 g/mol. The summed E-state index contributed by atoms with van der Waals surface area (Å²) in [6, 6.07) is 4.81. The molecule has 1 saturated carbocycles. The third kappa shape index (κ3) is 3.79. The maximum Gasteiger partial charge on any atom is 0.325 e. The van der Waals surface area contributed by atoms with Gasteiger partial charge in [-0.3, -0.25) is 10.1 Å². The van der Waals surface area contributed by atoms with E-state index in [0.717, 1.165) is 25.0 Å². The number of methoxy groups -OCH3 is 2. The Bertz CT molecular complexity index is 1110. The van der Waals surface area contributed by atoms with E-state index in [0.29, 0.717) is 22.3 Å². The van der Waals surface area contributed by atoms with Gasteiger partial charge in [-0.2, -0.15) is 0 Å². The van der Waals surface area contributed by atoms with Gasteiger partial charge < -0.3 is 19.5 Å². The average molecular weight is 486 g/mol. The maximum atomic E-state index is 12.7. The van der Waals surface area contributed by atoms with Crippen LogP contribution in [0.5, 0.6) is 11.5 Å². The van der Waals surface area contributed by atoms with Gasteiger partial charge in [-0.15, -0.1) is 11.3 Å². The van der Waals surface area contributed by atoms with Crippen LogP contribution in [0.4, 0.5) is 15.6 Å². The number of aromatic nitrogens is 1. The van der Waals surface area contributed by atoms with Crippen LogP contribution in [-0.2, 0) is 16.0 Å². The molecule has 2 amide bonds. The van der Waals surface area contributed by atoms with E-state index in [1.165, 1.54) is 16.2 Å². The normalized spacial score (nSPS) is 31.6. The molecule has 8 nitrogen and oxygen atoms in total. The summed E-state index contributed by atoms with van der Waals surface area (Å²) < 4.78 is 16.4. The second-order valence-electron chi connectivity index (χ2n) is 10.0. The summed E-state index contributed by atoms with van der Waals surface area (Å²) in [5, 5.41) is 6.28. The Morgan fingerprint density at radius 3 is 2.53 bits per heavy atom. The molecule has 5 rings (SSSR count). The van der Waals surface area contributed by atoms with Crippen LogP contribution in [0, 0.1) is 23.2 Å². The molecule has 1 aromatic heterocycles. The molecule has 9 heteroatoms. The molecule has 2 fully saturated rings. The number of ether oxygens (including phenoxy) is 3. The summed E-state index contributed by atoms with van der Waals surface area (Å²) >= 11 is 1.53. The molecule has 0 bridgehead atoms. The third-order valence-electron chi connectivity index (χ3n) is 7.99. The van der Waals surface area contributed by atoms with E-state index in [2.05, 4.69) is 24.5 Å². The number of nitrogens with zero attached hydrogens (tertiary/aromatic N) is 1. The second-order valence-corrected chi connectivity index (χ2v) is 11.1. The lowest BCUT2D eigenvalue weighted by Gasteiger charge is -2.51. The number of rotatable bonds is 4. The van der Waals surface area contributed by atoms with Crippen LogP contribution < -0.4 is 20.1 Å². The lowest BCUT2D eigenvalue weighted by molar-refractivity contribution is -0.149. The SMILES string of the molecule is COc1cc(NC(=O)Nc2nc3c(s2)CC2(C)CCC4C(C)C(=O)OC4C2C3C)cc(OC)c1. The molecule has 2 N–H and O–H groups in total. The van der Waals surface area contributed by atoms with Crippen molar-refractivity contribution in [3.05, 3.63) is 28.8 Å². The molecule has 0 radical (unpaired) electrons. The third-order valence-corrected chi connectivity index (χ3v) is 8.97. The highest BCUT2D eigenvalue weighted by Crippen LogP contribution is 2.59. The fourth-order valence-corrected chi connectivity index (χ4v) is 7.53. The minimum absolute atomic E-state index is 0.0326. The molecule has 1 aromatic carbocycles. The number of thiazole rings is 1. The van der Waals surface area contributed by atoms with Crippen LogP contribution in [0.1, 0.15) is 50.1 Å². The number of anilines is 2. The van der Waals surface area contributed by atoms with E-state index in [1.54, 1.807) is 32.4 Å². The number of nitrogens with one attached hydrogen (secondary N) is 2. The summed E-state index contributed by atoms with van der Waals surface area (Å²) in [4.78, 5) is 31.1. The second kappa shape index (κ2) is 8.45. The average Bonchev–Trinajstić information content (AvgIpc) is 3.32. The fraction of sp³-hybridized carbons (Fsp3) is 0.560. The minimum atomic E-state index is -0.378. The minimum Gasteiger partial charge on any atom is -0.497 e. The molecular formula is C25H31N3O5S. The quantitative estimate of drug-likeness (QED) is 0.588. The first-order valence-corrected chi connectivity index (χ1v) is 12.5. The van der Waals surface area contributed by atoms with E-state index in [1.807, 2.05) is 6.92 Å². The highest BCUT2D eigenvalue weighted by Gasteiger charge is 2.58. The lowest BCUT2D eigenvalue weighted by atomic mass is 9.54. The molecule has 6 atom stereocenters. The molecule has 182 valence electrons. The number of urea groups is 1. The van der Waals surface area contributed by atoms with Gasteiger partial charge in [0.05, 0.1) is 25.8 Å². The molecule has 2 aromatic rings. The number of carbonyl (C=O) groups excluding carboxylic acids is 2. The molecule has 3 aliphatic rings. The fourth-order valence-electron chi connectivity index (χ4n) is 6.27. The zero-order valence-corrected chi connectivity index (χ0v) is 21.0. The van der Waals surface area contributed by atoms with E-state index in [9.17, 15) is 9.59 Å². The predicted octanol–water partition coefficient (Wildman–Crippen LogP) is 5.06. The van der Waals surface area contributed by atoms with E-state index in [-0.39, 0.29) is 47.2 Å². The first kappa shape index (κ1) is 23.0. The van der Waals surface area contributed by atoms with Crippen molar-refractivity contribution in [1.82, 2.24) is 4.98 Å². The summed E-state index contributed by atoms with van der Waals surface area (Å²) in [5.74, 6) is 1.75. The van der Waals surface area contributed by atoms with Crippen LogP contribution in [0.3, 0.4) is 0 Å². The number of esters is 1. The zero-order valence-electron chi connectivity index (χ0n) is 20.1. The lowest BCUT2D eigenvalue weighted by Crippen LogP contribution is -2.50. The van der Waals surface area contributed by atoms with Crippen LogP contribution in [0.2, 0.25) is 0 Å². The van der Waals surface area contributed by atoms with Crippen molar-refractivity contribution in [2.24, 2.45) is 23.2 Å². The Hall–Kier alpha value is -2.81. The van der Waals surface area contributed by atoms with Gasteiger partial charge in [-0.25, -0.2) is 9.78 Å². The van der Waals surface area contributed by atoms with Gasteiger partial charge in [-0.1, -0.05) is 20.8 Å². The standard InChI is InChI=1S/C25H31N3O5S/c1-12-17-6-7-25(3)11-18-20(13(2)19(25)21(17)33-22(12)29)27-24(34-18)28-23(30)26-14-8-15(31-4)10-16(9-14)32-5/h8-10,12-13,17,19,21H,6-7,11H2,1-5H3,(H2,26,27,28,30). The summed E-state index contributed by atoms with van der Waals surface area (Å²) in [7, 11) is 3.13. The van der Waals surface area contributed by atoms with Crippen molar-refractivity contribution in [1.29, 1.82) is 0 Å². The highest BCUT2D eigenvalue weighted by atomic mass is 32.1. The van der Waals surface area contributed by atoms with Crippen LogP contribution >= 0.6 is 11.3 Å². The Morgan fingerprint density at radius 1 is 1.15 bits per heavy atom. The van der Waals surface area contributed by atoms with Crippen molar-refractivity contribution in [2.75, 3.05) is 24.9 Å². The molecule has 2 aliphatic carbocycles. The summed E-state index contributed by atoms with van der Waals surface area (Å²) in [5.41, 5.74) is 1.63. The van der Waals surface area contributed by atoms with Crippen LogP contribution in [0.25, 0.3) is 0 Å². The van der Waals surface area contributed by atoms with Gasteiger partial charge in [0.25, 0.3) is 0 Å². The van der Waals surface area contributed by atoms with E-state index in [4.69, 9.17) is 19.2 Å². The molecule has 6 unspecified atom stereocenters. The number of carbonyl (C=O) groups is 2. The first-order valence-electron chi connectivity index (χ1n) is 11.7. The van der Waals surface area contributed by atoms with Crippen molar-refractivity contribution in [2.45, 2.75) is 52.1 Å². The number of fused-ring (bicyclic) bond motifs is 4. The topological polar surface area (TPSA) is 98.8 Å². The number of amides is 2. The maximum absolute atomic E-state index is 12.7. The van der Waals surface area contributed by atoms with Gasteiger partial charge in [0.15, 0.2) is 5.13 Å². The summed E-state index contributed by atoms with van der Waals surface area (Å²) in [6.45, 7) is 6.50. The first-order chi connectivity index (χ1) is 16.2. The van der Waals surface area contributed by atoms with Crippen molar-refractivity contribution in [3.8, 4) is 11.5 Å². The van der Waals surface area contributed by atoms with E-state index < -0.39 is 0 Å². The molecule has 1 aliphatic heterocycles. The largest absolute Gasteiger partial charge is 0.497 e. The Morgan fingerprint density at radius 2 is 1.85 bits per heavy atom. The Kier molecular flexibility index (Phi) is 5.70. The van der Waals surface area contributed by atoms with Crippen molar-refractivity contribution in [3.63, 3.8) is 0 Å². The van der Waals surface area contributed by atoms with Crippen LogP contribution in [-0.4, -0.2) is 37.3 Å². The molecule has 2 heterocycles. The molecule has 1 saturated heterocycles. The smallest absolute Gasteiger partial charge is 0.325 e. The predicted molar refractivity (Wildman–Crippen MR) is 130 cm³/mol.